The Hall–Kier alpha value is -1.39. The first kappa shape index (κ1) is 9.18. The van der Waals surface area contributed by atoms with Crippen LogP contribution in [-0.2, 0) is 0 Å². The lowest BCUT2D eigenvalue weighted by Crippen LogP contribution is -2.32. The molecule has 0 heterocycles. The maximum atomic E-state index is 13.3. The second-order valence-electron chi connectivity index (χ2n) is 3.09. The predicted molar refractivity (Wildman–Crippen MR) is 53.7 cm³/mol. The molecule has 70 valence electrons. The Bertz CT molecular complexity index is 471. The van der Waals surface area contributed by atoms with Gasteiger partial charge in [-0.1, -0.05) is 30.3 Å². The quantitative estimate of drug-likeness (QED) is 0.648. The Balaban J connectivity index is 2.71. The first-order valence-electron chi connectivity index (χ1n) is 4.23. The molecular weight excluding hydrogens is 182 g/mol. The normalized spacial score (nSPS) is 10.5. The van der Waals surface area contributed by atoms with Crippen LogP contribution in [0.4, 0.5) is 4.39 Å². The summed E-state index contributed by atoms with van der Waals surface area (Å²) in [5, 5.41) is 19.3. The van der Waals surface area contributed by atoms with Gasteiger partial charge in [0.1, 0.15) is 5.82 Å². The second-order valence-corrected chi connectivity index (χ2v) is 3.09. The molecule has 2 aromatic carbocycles. The zero-order valence-corrected chi connectivity index (χ0v) is 7.31. The van der Waals surface area contributed by atoms with Gasteiger partial charge in [-0.05, 0) is 16.8 Å². The SMILES string of the molecule is OB(O)c1cc2ccccc2cc1F. The van der Waals surface area contributed by atoms with Crippen LogP contribution >= 0.6 is 0 Å². The van der Waals surface area contributed by atoms with Gasteiger partial charge in [-0.25, -0.2) is 4.39 Å². The monoisotopic (exact) mass is 190 g/mol. The van der Waals surface area contributed by atoms with Crippen molar-refractivity contribution in [1.82, 2.24) is 0 Å². The number of hydrogen-bond donors (Lipinski definition) is 2. The van der Waals surface area contributed by atoms with E-state index in [4.69, 9.17) is 10.0 Å². The summed E-state index contributed by atoms with van der Waals surface area (Å²) in [5.41, 5.74) is -0.0938. The van der Waals surface area contributed by atoms with Gasteiger partial charge in [0, 0.05) is 5.46 Å². The minimum absolute atomic E-state index is 0.0938. The summed E-state index contributed by atoms with van der Waals surface area (Å²) in [5.74, 6) is -0.598. The van der Waals surface area contributed by atoms with Gasteiger partial charge in [0.2, 0.25) is 0 Å². The van der Waals surface area contributed by atoms with E-state index in [1.807, 2.05) is 6.07 Å². The van der Waals surface area contributed by atoms with Crippen molar-refractivity contribution < 1.29 is 14.4 Å². The molecule has 0 atom stereocenters. The summed E-state index contributed by atoms with van der Waals surface area (Å²) in [6, 6.07) is 9.91. The Morgan fingerprint density at radius 2 is 1.57 bits per heavy atom. The van der Waals surface area contributed by atoms with E-state index in [0.717, 1.165) is 10.8 Å². The van der Waals surface area contributed by atoms with Crippen LogP contribution in [0, 0.1) is 5.82 Å². The van der Waals surface area contributed by atoms with Crippen molar-refractivity contribution >= 4 is 23.4 Å². The van der Waals surface area contributed by atoms with Crippen LogP contribution in [0.25, 0.3) is 10.8 Å². The maximum Gasteiger partial charge on any atom is 0.491 e. The first-order valence-corrected chi connectivity index (χ1v) is 4.23. The van der Waals surface area contributed by atoms with Crippen molar-refractivity contribution in [3.63, 3.8) is 0 Å². The van der Waals surface area contributed by atoms with Gasteiger partial charge < -0.3 is 10.0 Å². The molecule has 0 spiro atoms. The fourth-order valence-electron chi connectivity index (χ4n) is 1.43. The van der Waals surface area contributed by atoms with Crippen molar-refractivity contribution in [1.29, 1.82) is 0 Å². The first-order chi connectivity index (χ1) is 6.68. The Kier molecular flexibility index (Phi) is 2.23. The molecule has 0 unspecified atom stereocenters. The molecule has 0 aliphatic heterocycles. The van der Waals surface area contributed by atoms with Crippen molar-refractivity contribution in [3.8, 4) is 0 Å². The molecule has 2 aromatic rings. The summed E-state index contributed by atoms with van der Waals surface area (Å²) in [6.07, 6.45) is 0. The number of benzene rings is 2. The molecule has 4 heteroatoms. The highest BCUT2D eigenvalue weighted by Gasteiger charge is 2.16. The summed E-state index contributed by atoms with van der Waals surface area (Å²) < 4.78 is 13.3. The third-order valence-electron chi connectivity index (χ3n) is 2.14. The largest absolute Gasteiger partial charge is 0.491 e. The smallest absolute Gasteiger partial charge is 0.423 e. The molecule has 2 nitrogen and oxygen atoms in total. The van der Waals surface area contributed by atoms with E-state index < -0.39 is 12.9 Å². The average molecular weight is 190 g/mol. The second kappa shape index (κ2) is 3.40. The third kappa shape index (κ3) is 1.50. The zero-order valence-electron chi connectivity index (χ0n) is 7.31. The fourth-order valence-corrected chi connectivity index (χ4v) is 1.43. The molecule has 0 saturated carbocycles. The standard InChI is InChI=1S/C10H8BFO2/c12-10-6-8-4-2-1-3-7(8)5-9(10)11(13)14/h1-6,13-14H. The molecule has 2 N–H and O–H groups in total. The van der Waals surface area contributed by atoms with E-state index in [-0.39, 0.29) is 5.46 Å². The Morgan fingerprint density at radius 3 is 2.14 bits per heavy atom. The van der Waals surface area contributed by atoms with Gasteiger partial charge >= 0.3 is 7.12 Å². The van der Waals surface area contributed by atoms with E-state index in [1.54, 1.807) is 18.2 Å². The average Bonchev–Trinajstić information content (AvgIpc) is 2.16. The van der Waals surface area contributed by atoms with Crippen molar-refractivity contribution in [3.05, 3.63) is 42.2 Å². The molecule has 0 radical (unpaired) electrons. The van der Waals surface area contributed by atoms with E-state index in [2.05, 4.69) is 0 Å². The highest BCUT2D eigenvalue weighted by molar-refractivity contribution is 6.59. The van der Waals surface area contributed by atoms with E-state index in [1.165, 1.54) is 12.1 Å². The highest BCUT2D eigenvalue weighted by Crippen LogP contribution is 2.13. The summed E-state index contributed by atoms with van der Waals surface area (Å²) in [6.45, 7) is 0. The Labute approximate surface area is 80.8 Å². The number of rotatable bonds is 1. The summed E-state index contributed by atoms with van der Waals surface area (Å²) >= 11 is 0. The van der Waals surface area contributed by atoms with Gasteiger partial charge in [-0.15, -0.1) is 0 Å². The highest BCUT2D eigenvalue weighted by atomic mass is 19.1. The molecule has 0 aromatic heterocycles. The predicted octanol–water partition coefficient (Wildman–Crippen LogP) is 0.659. The van der Waals surface area contributed by atoms with Gasteiger partial charge in [0.25, 0.3) is 0 Å². The van der Waals surface area contributed by atoms with Crippen LogP contribution in [0.1, 0.15) is 0 Å². The Morgan fingerprint density at radius 1 is 1.00 bits per heavy atom. The van der Waals surface area contributed by atoms with Crippen molar-refractivity contribution in [2.75, 3.05) is 0 Å². The lowest BCUT2D eigenvalue weighted by atomic mass is 9.79. The van der Waals surface area contributed by atoms with Crippen LogP contribution < -0.4 is 5.46 Å². The lowest BCUT2D eigenvalue weighted by molar-refractivity contribution is 0.423. The molecule has 0 saturated heterocycles. The molecule has 0 amide bonds. The molecular formula is C10H8BFO2. The maximum absolute atomic E-state index is 13.3. The third-order valence-corrected chi connectivity index (χ3v) is 2.14. The van der Waals surface area contributed by atoms with E-state index >= 15 is 0 Å². The summed E-state index contributed by atoms with van der Waals surface area (Å²) in [4.78, 5) is 0. The lowest BCUT2D eigenvalue weighted by Gasteiger charge is -2.04. The van der Waals surface area contributed by atoms with Crippen LogP contribution in [0.3, 0.4) is 0 Å². The van der Waals surface area contributed by atoms with Crippen LogP contribution in [0.5, 0.6) is 0 Å². The number of fused-ring (bicyclic) bond motifs is 1. The van der Waals surface area contributed by atoms with Crippen LogP contribution in [-0.4, -0.2) is 17.2 Å². The van der Waals surface area contributed by atoms with Crippen molar-refractivity contribution in [2.24, 2.45) is 0 Å². The van der Waals surface area contributed by atoms with E-state index in [9.17, 15) is 4.39 Å². The molecule has 0 fully saturated rings. The minimum atomic E-state index is -1.76. The fraction of sp³-hybridized carbons (Fsp3) is 0. The zero-order chi connectivity index (χ0) is 10.1. The molecule has 2 rings (SSSR count). The summed E-state index contributed by atoms with van der Waals surface area (Å²) in [7, 11) is -1.76. The van der Waals surface area contributed by atoms with E-state index in [0.29, 0.717) is 0 Å². The molecule has 0 bridgehead atoms. The molecule has 14 heavy (non-hydrogen) atoms. The minimum Gasteiger partial charge on any atom is -0.423 e. The topological polar surface area (TPSA) is 40.5 Å². The number of hydrogen-bond acceptors (Lipinski definition) is 2. The van der Waals surface area contributed by atoms with Gasteiger partial charge in [0.05, 0.1) is 0 Å². The van der Waals surface area contributed by atoms with Crippen LogP contribution in [0.2, 0.25) is 0 Å². The van der Waals surface area contributed by atoms with Gasteiger partial charge in [-0.3, -0.25) is 0 Å². The number of halogens is 1. The molecule has 0 aliphatic carbocycles. The van der Waals surface area contributed by atoms with Crippen LogP contribution in [0.15, 0.2) is 36.4 Å². The van der Waals surface area contributed by atoms with Gasteiger partial charge in [-0.2, -0.15) is 0 Å². The van der Waals surface area contributed by atoms with Crippen molar-refractivity contribution in [2.45, 2.75) is 0 Å². The van der Waals surface area contributed by atoms with Gasteiger partial charge in [0.15, 0.2) is 0 Å². The molecule has 0 aliphatic rings.